The predicted molar refractivity (Wildman–Crippen MR) is 296 cm³/mol. The second kappa shape index (κ2) is 23.8. The number of nitrogens with zero attached hydrogens (tertiary/aromatic N) is 2. The molecule has 0 radical (unpaired) electrons. The Morgan fingerprint density at radius 3 is 1.48 bits per heavy atom. The van der Waals surface area contributed by atoms with Crippen molar-refractivity contribution in [1.82, 2.24) is 4.57 Å². The van der Waals surface area contributed by atoms with Gasteiger partial charge in [-0.05, 0) is 147 Å². The van der Waals surface area contributed by atoms with Gasteiger partial charge in [-0.1, -0.05) is 204 Å². The summed E-state index contributed by atoms with van der Waals surface area (Å²) in [6.45, 7) is 12.6. The lowest BCUT2D eigenvalue weighted by molar-refractivity contribution is 1.18. The van der Waals surface area contributed by atoms with Gasteiger partial charge in [-0.3, -0.25) is 0 Å². The van der Waals surface area contributed by atoms with E-state index in [0.717, 1.165) is 17.7 Å². The second-order valence-corrected chi connectivity index (χ2v) is 17.5. The van der Waals surface area contributed by atoms with Crippen LogP contribution in [0, 0.1) is 52.9 Å². The molecule has 11 aromatic rings. The summed E-state index contributed by atoms with van der Waals surface area (Å²) in [5.74, 6) is 0. The molecule has 0 saturated carbocycles. The molecule has 0 fully saturated rings. The van der Waals surface area contributed by atoms with E-state index in [9.17, 15) is 0 Å². The van der Waals surface area contributed by atoms with Crippen LogP contribution in [0.4, 0.5) is 5.69 Å². The molecule has 1 heterocycles. The summed E-state index contributed by atoms with van der Waals surface area (Å²) >= 11 is 0. The van der Waals surface area contributed by atoms with E-state index in [-0.39, 0.29) is 0 Å². The molecule has 3 heteroatoms. The summed E-state index contributed by atoms with van der Waals surface area (Å²) < 4.78 is 2.34. The number of hydrogen-bond donors (Lipinski definition) is 1. The summed E-state index contributed by atoms with van der Waals surface area (Å²) in [5.41, 5.74) is 23.9. The number of nitrogens with two attached hydrogens (primary N) is 1. The first-order valence-corrected chi connectivity index (χ1v) is 23.6. The molecular weight excluding hydrogens is 835 g/mol. The molecule has 1 aromatic heterocycles. The molecule has 2 N–H and O–H groups in total. The number of benzene rings is 10. The van der Waals surface area contributed by atoms with Crippen LogP contribution in [0.25, 0.3) is 49.4 Å². The zero-order valence-corrected chi connectivity index (χ0v) is 40.7. The topological polar surface area (TPSA) is 54.7 Å². The second-order valence-electron chi connectivity index (χ2n) is 17.5. The van der Waals surface area contributed by atoms with Crippen LogP contribution in [0.15, 0.2) is 237 Å². The molecule has 3 nitrogen and oxygen atoms in total. The molecule has 10 aromatic carbocycles. The van der Waals surface area contributed by atoms with E-state index in [1.165, 1.54) is 93.9 Å². The Labute approximate surface area is 409 Å². The van der Waals surface area contributed by atoms with Gasteiger partial charge in [0.15, 0.2) is 0 Å². The number of para-hydroxylation sites is 2. The van der Waals surface area contributed by atoms with Crippen LogP contribution >= 0.6 is 0 Å². The van der Waals surface area contributed by atoms with Crippen molar-refractivity contribution >= 4 is 38.3 Å². The Morgan fingerprint density at radius 2 is 0.884 bits per heavy atom. The van der Waals surface area contributed by atoms with Gasteiger partial charge in [-0.2, -0.15) is 5.26 Å². The first-order valence-electron chi connectivity index (χ1n) is 23.6. The van der Waals surface area contributed by atoms with Gasteiger partial charge in [0, 0.05) is 22.1 Å². The highest BCUT2D eigenvalue weighted by atomic mass is 15.0. The number of nitriles is 1. The fourth-order valence-corrected chi connectivity index (χ4v) is 8.31. The number of rotatable bonds is 4. The van der Waals surface area contributed by atoms with Crippen molar-refractivity contribution < 1.29 is 0 Å². The number of hydrogen-bond acceptors (Lipinski definition) is 2. The van der Waals surface area contributed by atoms with Crippen molar-refractivity contribution in [3.63, 3.8) is 0 Å². The van der Waals surface area contributed by atoms with Crippen LogP contribution < -0.4 is 5.73 Å². The van der Waals surface area contributed by atoms with Gasteiger partial charge in [-0.15, -0.1) is 0 Å². The summed E-state index contributed by atoms with van der Waals surface area (Å²) in [6.07, 6.45) is 0.978. The van der Waals surface area contributed by atoms with E-state index in [4.69, 9.17) is 11.0 Å². The fraction of sp³-hybridized carbons (Fsp3) is 0.106. The van der Waals surface area contributed by atoms with Gasteiger partial charge in [0.25, 0.3) is 0 Å². The van der Waals surface area contributed by atoms with Crippen molar-refractivity contribution in [2.24, 2.45) is 0 Å². The van der Waals surface area contributed by atoms with Crippen molar-refractivity contribution in [1.29, 1.82) is 5.26 Å². The minimum atomic E-state index is 0.723. The normalized spacial score (nSPS) is 10.3. The summed E-state index contributed by atoms with van der Waals surface area (Å²) in [5, 5.41) is 13.8. The average molecular weight is 896 g/mol. The molecule has 0 bridgehead atoms. The largest absolute Gasteiger partial charge is 0.399 e. The Bertz CT molecular complexity index is 3340. The van der Waals surface area contributed by atoms with Crippen molar-refractivity contribution in [2.75, 3.05) is 5.73 Å². The fourth-order valence-electron chi connectivity index (χ4n) is 8.31. The molecule has 0 saturated heterocycles. The van der Waals surface area contributed by atoms with Crippen molar-refractivity contribution in [3.8, 4) is 22.9 Å². The van der Waals surface area contributed by atoms with Crippen LogP contribution in [0.1, 0.15) is 50.1 Å². The quantitative estimate of drug-likeness (QED) is 0.179. The van der Waals surface area contributed by atoms with E-state index in [1.54, 1.807) is 0 Å². The van der Waals surface area contributed by atoms with Gasteiger partial charge >= 0.3 is 0 Å². The molecule has 69 heavy (non-hydrogen) atoms. The van der Waals surface area contributed by atoms with Gasteiger partial charge in [-0.25, -0.2) is 0 Å². The highest BCUT2D eigenvalue weighted by molar-refractivity contribution is 6.09. The predicted octanol–water partition coefficient (Wildman–Crippen LogP) is 17.2. The summed E-state index contributed by atoms with van der Waals surface area (Å²) in [7, 11) is 0. The van der Waals surface area contributed by atoms with Crippen LogP contribution in [0.3, 0.4) is 0 Å². The average Bonchev–Trinajstić information content (AvgIpc) is 3.71. The molecule has 340 valence electrons. The molecule has 0 amide bonds. The zero-order chi connectivity index (χ0) is 48.5. The molecular formula is C66H61N3. The lowest BCUT2D eigenvalue weighted by atomic mass is 9.93. The third-order valence-electron chi connectivity index (χ3n) is 12.0. The number of aromatic nitrogens is 1. The third kappa shape index (κ3) is 13.1. The van der Waals surface area contributed by atoms with Gasteiger partial charge < -0.3 is 10.3 Å². The SMILES string of the molecule is Cc1ccc(C#N)cc1.Cc1ccc(Cc2ccccc2)c(-c2ccccc2)c1.Cc1ccc(N)cc1.Cc1ccc2c(c1)c1ccccc1n2-c1ccccc1.Cc1cccc2c(C)cccc12. The lowest BCUT2D eigenvalue weighted by Crippen LogP contribution is -1.93. The smallest absolute Gasteiger partial charge is 0.0991 e. The maximum absolute atomic E-state index is 8.38. The molecule has 0 unspecified atom stereocenters. The third-order valence-corrected chi connectivity index (χ3v) is 12.0. The van der Waals surface area contributed by atoms with Crippen LogP contribution in [0.5, 0.6) is 0 Å². The molecule has 0 aliphatic heterocycles. The van der Waals surface area contributed by atoms with E-state index < -0.39 is 0 Å². The standard InChI is InChI=1S/C20H18.C19H15N.C12H12.C8H7N.C7H9N/c1-16-12-13-19(15-17-8-4-2-5-9-17)20(14-16)18-10-6-3-7-11-18;1-14-11-12-19-17(13-14)16-9-5-6-10-18(16)20(19)15-7-3-2-4-8-15;1-9-5-3-8-12-10(2)6-4-7-11(9)12;1-7-2-4-8(6-9)5-3-7;1-6-2-4-7(8)5-3-6/h2-14H,15H2,1H3;2-13H,1H3;3-8H,1-2H3;2-5H,1H3;2-5H,8H2,1H3. The van der Waals surface area contributed by atoms with Crippen LogP contribution in [-0.4, -0.2) is 4.57 Å². The zero-order valence-electron chi connectivity index (χ0n) is 40.7. The van der Waals surface area contributed by atoms with Gasteiger partial charge in [0.1, 0.15) is 0 Å². The maximum Gasteiger partial charge on any atom is 0.0991 e. The number of anilines is 1. The first kappa shape index (κ1) is 48.5. The molecule has 11 rings (SSSR count). The Hall–Kier alpha value is -8.45. The van der Waals surface area contributed by atoms with Gasteiger partial charge in [0.05, 0.1) is 22.7 Å². The molecule has 0 aliphatic carbocycles. The van der Waals surface area contributed by atoms with E-state index in [2.05, 4.69) is 226 Å². The van der Waals surface area contributed by atoms with Crippen molar-refractivity contribution in [2.45, 2.75) is 48.0 Å². The van der Waals surface area contributed by atoms with Gasteiger partial charge in [0.2, 0.25) is 0 Å². The van der Waals surface area contributed by atoms with Crippen LogP contribution in [-0.2, 0) is 6.42 Å². The number of nitrogen functional groups attached to an aromatic ring is 1. The van der Waals surface area contributed by atoms with Crippen LogP contribution in [0.2, 0.25) is 0 Å². The minimum Gasteiger partial charge on any atom is -0.399 e. The van der Waals surface area contributed by atoms with E-state index in [1.807, 2.05) is 62.4 Å². The Morgan fingerprint density at radius 1 is 0.406 bits per heavy atom. The maximum atomic E-state index is 8.38. The summed E-state index contributed by atoms with van der Waals surface area (Å²) in [6, 6.07) is 84.1. The Balaban J connectivity index is 0.000000134. The molecule has 0 atom stereocenters. The molecule has 0 spiro atoms. The lowest BCUT2D eigenvalue weighted by Gasteiger charge is -2.11. The Kier molecular flexibility index (Phi) is 16.7. The molecule has 0 aliphatic rings. The highest BCUT2D eigenvalue weighted by Crippen LogP contribution is 2.32. The van der Waals surface area contributed by atoms with Crippen molar-refractivity contribution in [3.05, 3.63) is 287 Å². The monoisotopic (exact) mass is 895 g/mol. The van der Waals surface area contributed by atoms with E-state index >= 15 is 0 Å². The first-order chi connectivity index (χ1) is 33.6. The minimum absolute atomic E-state index is 0.723. The number of aryl methyl sites for hydroxylation is 6. The van der Waals surface area contributed by atoms with E-state index in [0.29, 0.717) is 0 Å². The summed E-state index contributed by atoms with van der Waals surface area (Å²) in [4.78, 5) is 0. The number of fused-ring (bicyclic) bond motifs is 4. The highest BCUT2D eigenvalue weighted by Gasteiger charge is 2.11.